The summed E-state index contributed by atoms with van der Waals surface area (Å²) in [5, 5.41) is 2.95. The first-order valence-electron chi connectivity index (χ1n) is 8.57. The fraction of sp³-hybridized carbons (Fsp3) is 0.500. The largest absolute Gasteiger partial charge is 0.469 e. The molecule has 1 N–H and O–H groups in total. The predicted molar refractivity (Wildman–Crippen MR) is 92.0 cm³/mol. The van der Waals surface area contributed by atoms with Gasteiger partial charge < -0.3 is 19.9 Å². The van der Waals surface area contributed by atoms with E-state index in [1.54, 1.807) is 9.80 Å². The van der Waals surface area contributed by atoms with Gasteiger partial charge in [0.25, 0.3) is 0 Å². The van der Waals surface area contributed by atoms with Crippen molar-refractivity contribution in [3.8, 4) is 0 Å². The SMILES string of the molecule is COC(=O)C1CCN(C(=O)N[C@H]2CC(=O)N(c3ccccc3)C2)CC1. The van der Waals surface area contributed by atoms with Crippen LogP contribution in [0.25, 0.3) is 0 Å². The van der Waals surface area contributed by atoms with Gasteiger partial charge in [-0.3, -0.25) is 9.59 Å². The molecule has 3 rings (SSSR count). The van der Waals surface area contributed by atoms with E-state index in [4.69, 9.17) is 4.74 Å². The molecular weight excluding hydrogens is 322 g/mol. The van der Waals surface area contributed by atoms with Gasteiger partial charge in [0.05, 0.1) is 19.1 Å². The Morgan fingerprint density at radius 1 is 1.16 bits per heavy atom. The van der Waals surface area contributed by atoms with Crippen molar-refractivity contribution in [2.45, 2.75) is 25.3 Å². The lowest BCUT2D eigenvalue weighted by atomic mass is 9.97. The van der Waals surface area contributed by atoms with Crippen molar-refractivity contribution in [1.29, 1.82) is 0 Å². The molecular formula is C18H23N3O4. The quantitative estimate of drug-likeness (QED) is 0.840. The molecule has 2 aliphatic heterocycles. The lowest BCUT2D eigenvalue weighted by Crippen LogP contribution is -2.49. The standard InChI is InChI=1S/C18H23N3O4/c1-25-17(23)13-7-9-20(10-8-13)18(24)19-14-11-16(22)21(12-14)15-5-3-2-4-6-15/h2-6,13-14H,7-12H2,1H3,(H,19,24)/t14-/m0/s1. The minimum atomic E-state index is -0.208. The van der Waals surface area contributed by atoms with Crippen molar-refractivity contribution in [3.63, 3.8) is 0 Å². The third-order valence-corrected chi connectivity index (χ3v) is 4.84. The zero-order valence-corrected chi connectivity index (χ0v) is 14.3. The van der Waals surface area contributed by atoms with Gasteiger partial charge in [-0.25, -0.2) is 4.79 Å². The molecule has 3 amide bonds. The van der Waals surface area contributed by atoms with E-state index < -0.39 is 0 Å². The number of nitrogens with one attached hydrogen (secondary N) is 1. The minimum Gasteiger partial charge on any atom is -0.469 e. The fourth-order valence-electron chi connectivity index (χ4n) is 3.41. The monoisotopic (exact) mass is 345 g/mol. The number of piperidine rings is 1. The lowest BCUT2D eigenvalue weighted by Gasteiger charge is -2.31. The van der Waals surface area contributed by atoms with Crippen LogP contribution in [0.5, 0.6) is 0 Å². The van der Waals surface area contributed by atoms with Crippen LogP contribution in [0.1, 0.15) is 19.3 Å². The Bertz CT molecular complexity index is 641. The summed E-state index contributed by atoms with van der Waals surface area (Å²) in [5.74, 6) is -0.323. The Hall–Kier alpha value is -2.57. The van der Waals surface area contributed by atoms with E-state index in [1.165, 1.54) is 7.11 Å². The molecule has 0 spiro atoms. The molecule has 0 bridgehead atoms. The van der Waals surface area contributed by atoms with Crippen molar-refractivity contribution in [3.05, 3.63) is 30.3 Å². The van der Waals surface area contributed by atoms with E-state index in [0.29, 0.717) is 38.9 Å². The number of urea groups is 1. The third-order valence-electron chi connectivity index (χ3n) is 4.84. The smallest absolute Gasteiger partial charge is 0.317 e. The molecule has 0 aliphatic carbocycles. The molecule has 2 aliphatic rings. The highest BCUT2D eigenvalue weighted by Gasteiger charge is 2.34. The summed E-state index contributed by atoms with van der Waals surface area (Å²) in [7, 11) is 1.39. The van der Waals surface area contributed by atoms with Crippen LogP contribution >= 0.6 is 0 Å². The van der Waals surface area contributed by atoms with Crippen molar-refractivity contribution in [2.24, 2.45) is 5.92 Å². The van der Waals surface area contributed by atoms with Crippen LogP contribution < -0.4 is 10.2 Å². The zero-order valence-electron chi connectivity index (χ0n) is 14.3. The van der Waals surface area contributed by atoms with Gasteiger partial charge >= 0.3 is 12.0 Å². The van der Waals surface area contributed by atoms with Crippen LogP contribution in [0.2, 0.25) is 0 Å². The van der Waals surface area contributed by atoms with E-state index in [2.05, 4.69) is 5.32 Å². The van der Waals surface area contributed by atoms with Gasteiger partial charge in [0, 0.05) is 31.7 Å². The van der Waals surface area contributed by atoms with E-state index >= 15 is 0 Å². The summed E-state index contributed by atoms with van der Waals surface area (Å²) in [4.78, 5) is 39.6. The Kier molecular flexibility index (Phi) is 5.21. The number of para-hydroxylation sites is 1. The number of amides is 3. The van der Waals surface area contributed by atoms with Crippen LogP contribution in [0, 0.1) is 5.92 Å². The molecule has 0 radical (unpaired) electrons. The number of anilines is 1. The molecule has 2 heterocycles. The highest BCUT2D eigenvalue weighted by Crippen LogP contribution is 2.22. The third kappa shape index (κ3) is 3.92. The summed E-state index contributed by atoms with van der Waals surface area (Å²) in [6.07, 6.45) is 1.53. The van der Waals surface area contributed by atoms with Crippen molar-refractivity contribution in [1.82, 2.24) is 10.2 Å². The van der Waals surface area contributed by atoms with Gasteiger partial charge in [0.1, 0.15) is 0 Å². The highest BCUT2D eigenvalue weighted by atomic mass is 16.5. The number of carbonyl (C=O) groups is 3. The van der Waals surface area contributed by atoms with Gasteiger partial charge in [-0.15, -0.1) is 0 Å². The van der Waals surface area contributed by atoms with Gasteiger partial charge in [-0.2, -0.15) is 0 Å². The van der Waals surface area contributed by atoms with Crippen LogP contribution in [-0.2, 0) is 14.3 Å². The second kappa shape index (κ2) is 7.55. The molecule has 0 unspecified atom stereocenters. The maximum absolute atomic E-state index is 12.4. The van der Waals surface area contributed by atoms with Crippen LogP contribution in [0.4, 0.5) is 10.5 Å². The average Bonchev–Trinajstić information content (AvgIpc) is 3.02. The van der Waals surface area contributed by atoms with E-state index in [1.807, 2.05) is 30.3 Å². The second-order valence-electron chi connectivity index (χ2n) is 6.47. The first kappa shape index (κ1) is 17.3. The molecule has 25 heavy (non-hydrogen) atoms. The number of likely N-dealkylation sites (tertiary alicyclic amines) is 1. The summed E-state index contributed by atoms with van der Waals surface area (Å²) < 4.78 is 4.76. The number of methoxy groups -OCH3 is 1. The van der Waals surface area contributed by atoms with Gasteiger partial charge in [0.2, 0.25) is 5.91 Å². The van der Waals surface area contributed by atoms with E-state index in [0.717, 1.165) is 5.69 Å². The average molecular weight is 345 g/mol. The zero-order chi connectivity index (χ0) is 17.8. The first-order chi connectivity index (χ1) is 12.1. The normalized spacial score (nSPS) is 21.3. The molecule has 1 atom stereocenters. The topological polar surface area (TPSA) is 79.0 Å². The molecule has 2 fully saturated rings. The molecule has 2 saturated heterocycles. The van der Waals surface area contributed by atoms with Crippen molar-refractivity contribution in [2.75, 3.05) is 31.6 Å². The lowest BCUT2D eigenvalue weighted by molar-refractivity contribution is -0.146. The second-order valence-corrected chi connectivity index (χ2v) is 6.47. The molecule has 134 valence electrons. The predicted octanol–water partition coefficient (Wildman–Crippen LogP) is 1.39. The number of benzene rings is 1. The van der Waals surface area contributed by atoms with Gasteiger partial charge in [-0.1, -0.05) is 18.2 Å². The first-order valence-corrected chi connectivity index (χ1v) is 8.57. The Morgan fingerprint density at radius 2 is 1.84 bits per heavy atom. The number of nitrogens with zero attached hydrogens (tertiary/aromatic N) is 2. The molecule has 1 aromatic carbocycles. The summed E-state index contributed by atoms with van der Waals surface area (Å²) >= 11 is 0. The molecule has 7 heteroatoms. The Labute approximate surface area is 146 Å². The van der Waals surface area contributed by atoms with Crippen molar-refractivity contribution < 1.29 is 19.1 Å². The number of rotatable bonds is 3. The maximum atomic E-state index is 12.4. The number of carbonyl (C=O) groups excluding carboxylic acids is 3. The fourth-order valence-corrected chi connectivity index (χ4v) is 3.41. The molecule has 0 saturated carbocycles. The number of hydrogen-bond donors (Lipinski definition) is 1. The summed E-state index contributed by atoms with van der Waals surface area (Å²) in [6.45, 7) is 1.52. The summed E-state index contributed by atoms with van der Waals surface area (Å²) in [6, 6.07) is 9.09. The van der Waals surface area contributed by atoms with Crippen LogP contribution in [0.3, 0.4) is 0 Å². The van der Waals surface area contributed by atoms with Crippen LogP contribution in [-0.4, -0.2) is 55.6 Å². The van der Waals surface area contributed by atoms with E-state index in [9.17, 15) is 14.4 Å². The number of esters is 1. The van der Waals surface area contributed by atoms with Gasteiger partial charge in [-0.05, 0) is 25.0 Å². The molecule has 7 nitrogen and oxygen atoms in total. The Balaban J connectivity index is 1.51. The number of hydrogen-bond acceptors (Lipinski definition) is 4. The van der Waals surface area contributed by atoms with Crippen LogP contribution in [0.15, 0.2) is 30.3 Å². The maximum Gasteiger partial charge on any atom is 0.317 e. The highest BCUT2D eigenvalue weighted by molar-refractivity contribution is 5.96. The minimum absolute atomic E-state index is 0.0147. The summed E-state index contributed by atoms with van der Waals surface area (Å²) in [5.41, 5.74) is 0.850. The molecule has 0 aromatic heterocycles. The Morgan fingerprint density at radius 3 is 2.48 bits per heavy atom. The van der Waals surface area contributed by atoms with Crippen molar-refractivity contribution >= 4 is 23.6 Å². The number of ether oxygens (including phenoxy) is 1. The van der Waals surface area contributed by atoms with Gasteiger partial charge in [0.15, 0.2) is 0 Å². The molecule has 1 aromatic rings. The van der Waals surface area contributed by atoms with E-state index in [-0.39, 0.29) is 29.9 Å².